The van der Waals surface area contributed by atoms with Gasteiger partial charge in [0.15, 0.2) is 0 Å². The fourth-order valence-electron chi connectivity index (χ4n) is 3.70. The molecule has 3 aromatic carbocycles. The molecule has 4 rings (SSSR count). The molecule has 6 heteroatoms. The summed E-state index contributed by atoms with van der Waals surface area (Å²) in [5.74, 6) is 0.378. The Morgan fingerprint density at radius 3 is 2.39 bits per heavy atom. The molecule has 1 amide bonds. The van der Waals surface area contributed by atoms with Crippen molar-refractivity contribution >= 4 is 22.9 Å². The number of aromatic nitrogens is 1. The van der Waals surface area contributed by atoms with Crippen molar-refractivity contribution in [3.63, 3.8) is 0 Å². The molecule has 6 nitrogen and oxygen atoms in total. The highest BCUT2D eigenvalue weighted by Crippen LogP contribution is 2.26. The van der Waals surface area contributed by atoms with E-state index in [1.165, 1.54) is 0 Å². The van der Waals surface area contributed by atoms with E-state index in [9.17, 15) is 9.90 Å². The van der Waals surface area contributed by atoms with Crippen LogP contribution in [0.15, 0.2) is 71.8 Å². The third kappa shape index (κ3) is 4.00. The zero-order valence-electron chi connectivity index (χ0n) is 17.6. The van der Waals surface area contributed by atoms with Gasteiger partial charge in [0.25, 0.3) is 5.91 Å². The van der Waals surface area contributed by atoms with Crippen LogP contribution in [-0.4, -0.2) is 28.9 Å². The molecule has 0 spiro atoms. The van der Waals surface area contributed by atoms with Crippen molar-refractivity contribution in [3.8, 4) is 17.2 Å². The lowest BCUT2D eigenvalue weighted by molar-refractivity contribution is 0.0952. The number of amides is 1. The number of phenols is 1. The van der Waals surface area contributed by atoms with Gasteiger partial charge in [-0.3, -0.25) is 4.79 Å². The summed E-state index contributed by atoms with van der Waals surface area (Å²) < 4.78 is 7.47. The average Bonchev–Trinajstić information content (AvgIpc) is 3.06. The molecule has 31 heavy (non-hydrogen) atoms. The molecule has 4 aromatic rings. The Bertz CT molecular complexity index is 1290. The van der Waals surface area contributed by atoms with Crippen molar-refractivity contribution in [1.82, 2.24) is 9.99 Å². The molecule has 156 valence electrons. The molecule has 0 aliphatic carbocycles. The molecule has 1 aromatic heterocycles. The first kappa shape index (κ1) is 20.2. The molecule has 0 radical (unpaired) electrons. The first-order valence-corrected chi connectivity index (χ1v) is 9.86. The smallest absolute Gasteiger partial charge is 0.275 e. The van der Waals surface area contributed by atoms with E-state index < -0.39 is 0 Å². The van der Waals surface area contributed by atoms with Crippen molar-refractivity contribution in [1.29, 1.82) is 0 Å². The quantitative estimate of drug-likeness (QED) is 0.367. The Morgan fingerprint density at radius 2 is 1.71 bits per heavy atom. The van der Waals surface area contributed by atoms with E-state index in [2.05, 4.69) is 15.1 Å². The molecule has 0 aliphatic rings. The topological polar surface area (TPSA) is 75.8 Å². The van der Waals surface area contributed by atoms with Gasteiger partial charge in [-0.15, -0.1) is 0 Å². The van der Waals surface area contributed by atoms with E-state index in [0.717, 1.165) is 33.4 Å². The van der Waals surface area contributed by atoms with E-state index >= 15 is 0 Å². The highest BCUT2D eigenvalue weighted by molar-refractivity contribution is 6.02. The van der Waals surface area contributed by atoms with Crippen LogP contribution in [0.25, 0.3) is 16.5 Å². The number of hydrogen-bond acceptors (Lipinski definition) is 4. The maximum atomic E-state index is 12.7. The number of methoxy groups -OCH3 is 1. The molecule has 0 fully saturated rings. The Balaban J connectivity index is 1.57. The van der Waals surface area contributed by atoms with Gasteiger partial charge in [0.1, 0.15) is 11.5 Å². The Hall–Kier alpha value is -4.06. The van der Waals surface area contributed by atoms with Gasteiger partial charge in [0, 0.05) is 22.6 Å². The predicted octanol–water partition coefficient (Wildman–Crippen LogP) is 4.73. The van der Waals surface area contributed by atoms with E-state index in [-0.39, 0.29) is 11.7 Å². The van der Waals surface area contributed by atoms with Crippen molar-refractivity contribution in [2.75, 3.05) is 7.11 Å². The fourth-order valence-corrected chi connectivity index (χ4v) is 3.70. The van der Waals surface area contributed by atoms with Crippen LogP contribution in [0, 0.1) is 13.8 Å². The monoisotopic (exact) mass is 413 g/mol. The number of nitrogens with zero attached hydrogens (tertiary/aromatic N) is 2. The van der Waals surface area contributed by atoms with Crippen molar-refractivity contribution < 1.29 is 14.6 Å². The molecule has 0 saturated heterocycles. The summed E-state index contributed by atoms with van der Waals surface area (Å²) in [6, 6.07) is 20.4. The van der Waals surface area contributed by atoms with Crippen molar-refractivity contribution in [3.05, 3.63) is 89.2 Å². The van der Waals surface area contributed by atoms with Gasteiger partial charge in [-0.05, 0) is 67.1 Å². The largest absolute Gasteiger partial charge is 0.508 e. The van der Waals surface area contributed by atoms with E-state index in [4.69, 9.17) is 4.74 Å². The number of rotatable bonds is 5. The van der Waals surface area contributed by atoms with Crippen LogP contribution < -0.4 is 10.2 Å². The van der Waals surface area contributed by atoms with Gasteiger partial charge in [0.2, 0.25) is 0 Å². The maximum absolute atomic E-state index is 12.7. The predicted molar refractivity (Wildman–Crippen MR) is 122 cm³/mol. The summed E-state index contributed by atoms with van der Waals surface area (Å²) in [5, 5.41) is 15.6. The second kappa shape index (κ2) is 8.36. The number of aryl methyl sites for hydroxylation is 1. The van der Waals surface area contributed by atoms with Crippen LogP contribution in [-0.2, 0) is 0 Å². The summed E-state index contributed by atoms with van der Waals surface area (Å²) in [7, 11) is 1.54. The normalized spacial score (nSPS) is 11.2. The molecule has 2 N–H and O–H groups in total. The fraction of sp³-hybridized carbons (Fsp3) is 0.120. The summed E-state index contributed by atoms with van der Waals surface area (Å²) in [6.07, 6.45) is 1.63. The Morgan fingerprint density at radius 1 is 1.03 bits per heavy atom. The van der Waals surface area contributed by atoms with Gasteiger partial charge in [0.05, 0.1) is 18.9 Å². The number of carbonyl (C=O) groups is 1. The number of hydrazone groups is 1. The number of phenolic OH excluding ortho intramolecular Hbond substituents is 1. The molecule has 0 saturated carbocycles. The lowest BCUT2D eigenvalue weighted by Gasteiger charge is -2.10. The first-order valence-electron chi connectivity index (χ1n) is 9.86. The summed E-state index contributed by atoms with van der Waals surface area (Å²) in [6.45, 7) is 3.98. The zero-order valence-corrected chi connectivity index (χ0v) is 17.6. The van der Waals surface area contributed by atoms with Gasteiger partial charge in [-0.25, -0.2) is 5.43 Å². The summed E-state index contributed by atoms with van der Waals surface area (Å²) in [5.41, 5.74) is 6.85. The molecular weight excluding hydrogens is 390 g/mol. The number of carbonyl (C=O) groups excluding carboxylic acids is 1. The lowest BCUT2D eigenvalue weighted by atomic mass is 10.1. The minimum absolute atomic E-state index is 0.222. The SMILES string of the molecule is COc1cc2ccccc2cc1C(=O)NN=Cc1cc(C)n(-c2ccc(O)cc2)c1C. The lowest BCUT2D eigenvalue weighted by Crippen LogP contribution is -2.18. The molecule has 1 heterocycles. The highest BCUT2D eigenvalue weighted by atomic mass is 16.5. The van der Waals surface area contributed by atoms with Gasteiger partial charge in [-0.2, -0.15) is 5.10 Å². The van der Waals surface area contributed by atoms with Crippen LogP contribution in [0.2, 0.25) is 0 Å². The standard InChI is InChI=1S/C25H23N3O3/c1-16-12-20(17(2)28(16)21-8-10-22(29)11-9-21)15-26-27-25(30)23-13-18-6-4-5-7-19(18)14-24(23)31-3/h4-15,29H,1-3H3,(H,27,30). The third-order valence-electron chi connectivity index (χ3n) is 5.26. The van der Waals surface area contributed by atoms with E-state index in [1.807, 2.05) is 62.4 Å². The minimum atomic E-state index is -0.341. The Labute approximate surface area is 180 Å². The highest BCUT2D eigenvalue weighted by Gasteiger charge is 2.14. The number of aromatic hydroxyl groups is 1. The molecule has 0 aliphatic heterocycles. The molecule has 0 unspecified atom stereocenters. The molecule has 0 atom stereocenters. The minimum Gasteiger partial charge on any atom is -0.508 e. The number of fused-ring (bicyclic) bond motifs is 1. The number of ether oxygens (including phenoxy) is 1. The number of benzene rings is 3. The van der Waals surface area contributed by atoms with Crippen LogP contribution in [0.4, 0.5) is 0 Å². The van der Waals surface area contributed by atoms with Crippen molar-refractivity contribution in [2.24, 2.45) is 5.10 Å². The zero-order chi connectivity index (χ0) is 22.0. The second-order valence-electron chi connectivity index (χ2n) is 7.28. The Kier molecular flexibility index (Phi) is 5.45. The molecular formula is C25H23N3O3. The van der Waals surface area contributed by atoms with Crippen LogP contribution in [0.1, 0.15) is 27.3 Å². The third-order valence-corrected chi connectivity index (χ3v) is 5.26. The summed E-state index contributed by atoms with van der Waals surface area (Å²) >= 11 is 0. The van der Waals surface area contributed by atoms with Gasteiger partial charge >= 0.3 is 0 Å². The summed E-state index contributed by atoms with van der Waals surface area (Å²) in [4.78, 5) is 12.7. The van der Waals surface area contributed by atoms with Gasteiger partial charge < -0.3 is 14.4 Å². The van der Waals surface area contributed by atoms with E-state index in [0.29, 0.717) is 11.3 Å². The van der Waals surface area contributed by atoms with Crippen LogP contribution in [0.5, 0.6) is 11.5 Å². The molecule has 0 bridgehead atoms. The van der Waals surface area contributed by atoms with Gasteiger partial charge in [-0.1, -0.05) is 24.3 Å². The maximum Gasteiger partial charge on any atom is 0.275 e. The van der Waals surface area contributed by atoms with Crippen LogP contribution in [0.3, 0.4) is 0 Å². The van der Waals surface area contributed by atoms with Crippen molar-refractivity contribution in [2.45, 2.75) is 13.8 Å². The second-order valence-corrected chi connectivity index (χ2v) is 7.28. The van der Waals surface area contributed by atoms with Crippen LogP contribution >= 0.6 is 0 Å². The first-order chi connectivity index (χ1) is 15.0. The average molecular weight is 413 g/mol. The number of nitrogens with one attached hydrogen (secondary N) is 1. The van der Waals surface area contributed by atoms with E-state index in [1.54, 1.807) is 31.5 Å². The number of hydrogen-bond donors (Lipinski definition) is 2.